The molecule has 0 aliphatic rings. The summed E-state index contributed by atoms with van der Waals surface area (Å²) < 4.78 is 0. The van der Waals surface area contributed by atoms with E-state index < -0.39 is 12.0 Å². The van der Waals surface area contributed by atoms with Gasteiger partial charge < -0.3 is 10.4 Å². The van der Waals surface area contributed by atoms with Gasteiger partial charge in [-0.15, -0.1) is 0 Å². The molecule has 0 unspecified atom stereocenters. The standard InChI is InChI=1S/C20H39NO3S.Na.H/c1-3-4-5-6-7-8-9-10-11-12-13-14-15-19(22)21-18(20(23)24)16-17-25-2;;/h18H,3-17H2,1-2H3,(H,21,22)(H,23,24);;/t18-;;/m0../s1. The summed E-state index contributed by atoms with van der Waals surface area (Å²) in [5.74, 6) is -0.312. The van der Waals surface area contributed by atoms with Gasteiger partial charge in [-0.1, -0.05) is 77.6 Å². The molecule has 0 aliphatic carbocycles. The summed E-state index contributed by atoms with van der Waals surface area (Å²) in [6.07, 6.45) is 18.1. The average Bonchev–Trinajstić information content (AvgIpc) is 2.59. The van der Waals surface area contributed by atoms with Crippen LogP contribution in [0.5, 0.6) is 0 Å². The number of carboxylic acids is 1. The van der Waals surface area contributed by atoms with Gasteiger partial charge in [0.25, 0.3) is 0 Å². The summed E-state index contributed by atoms with van der Waals surface area (Å²) in [6.45, 7) is 2.25. The minimum absolute atomic E-state index is 0. The van der Waals surface area contributed by atoms with Crippen molar-refractivity contribution in [3.05, 3.63) is 0 Å². The van der Waals surface area contributed by atoms with Crippen LogP contribution in [0.2, 0.25) is 0 Å². The first-order valence-corrected chi connectivity index (χ1v) is 11.5. The maximum atomic E-state index is 11.8. The number of aliphatic carboxylic acids is 1. The van der Waals surface area contributed by atoms with E-state index in [1.54, 1.807) is 11.8 Å². The van der Waals surface area contributed by atoms with E-state index in [2.05, 4.69) is 12.2 Å². The van der Waals surface area contributed by atoms with E-state index >= 15 is 0 Å². The molecular weight excluding hydrogens is 357 g/mol. The number of amides is 1. The molecule has 0 saturated carbocycles. The van der Waals surface area contributed by atoms with Crippen molar-refractivity contribution < 1.29 is 14.7 Å². The Morgan fingerprint density at radius 3 is 1.77 bits per heavy atom. The maximum absolute atomic E-state index is 11.8. The number of carboxylic acid groups (broad SMARTS) is 1. The van der Waals surface area contributed by atoms with Crippen LogP contribution >= 0.6 is 11.8 Å². The van der Waals surface area contributed by atoms with Crippen LogP contribution < -0.4 is 5.32 Å². The number of carbonyl (C=O) groups excluding carboxylic acids is 1. The third kappa shape index (κ3) is 19.1. The third-order valence-corrected chi connectivity index (χ3v) is 5.15. The Morgan fingerprint density at radius 1 is 0.885 bits per heavy atom. The van der Waals surface area contributed by atoms with Gasteiger partial charge in [0, 0.05) is 6.42 Å². The van der Waals surface area contributed by atoms with E-state index in [4.69, 9.17) is 5.11 Å². The predicted molar refractivity (Wildman–Crippen MR) is 115 cm³/mol. The molecule has 0 heterocycles. The molecule has 0 radical (unpaired) electrons. The van der Waals surface area contributed by atoms with Gasteiger partial charge in [-0.2, -0.15) is 11.8 Å². The molecule has 0 aromatic rings. The molecule has 1 amide bonds. The van der Waals surface area contributed by atoms with E-state index in [-0.39, 0.29) is 35.5 Å². The minimum atomic E-state index is -0.933. The Labute approximate surface area is 187 Å². The van der Waals surface area contributed by atoms with Gasteiger partial charge in [0.2, 0.25) is 5.91 Å². The van der Waals surface area contributed by atoms with Crippen LogP contribution in [0.1, 0.15) is 96.8 Å². The van der Waals surface area contributed by atoms with Gasteiger partial charge in [-0.25, -0.2) is 4.79 Å². The van der Waals surface area contributed by atoms with Gasteiger partial charge in [-0.05, 0) is 24.9 Å². The third-order valence-electron chi connectivity index (χ3n) is 4.50. The molecule has 0 aromatic carbocycles. The summed E-state index contributed by atoms with van der Waals surface area (Å²) in [7, 11) is 0. The van der Waals surface area contributed by atoms with Crippen LogP contribution in [-0.2, 0) is 9.59 Å². The Balaban J connectivity index is 0. The van der Waals surface area contributed by atoms with E-state index in [1.807, 2.05) is 6.26 Å². The molecule has 150 valence electrons. The molecule has 0 spiro atoms. The molecule has 0 aromatic heterocycles. The van der Waals surface area contributed by atoms with Crippen LogP contribution in [0, 0.1) is 0 Å². The zero-order chi connectivity index (χ0) is 18.8. The van der Waals surface area contributed by atoms with Crippen LogP contribution in [0.3, 0.4) is 0 Å². The topological polar surface area (TPSA) is 66.4 Å². The molecule has 2 N–H and O–H groups in total. The zero-order valence-electron chi connectivity index (χ0n) is 16.4. The quantitative estimate of drug-likeness (QED) is 0.259. The van der Waals surface area contributed by atoms with Gasteiger partial charge in [-0.3, -0.25) is 4.79 Å². The normalized spacial score (nSPS) is 11.6. The molecule has 1 atom stereocenters. The fourth-order valence-corrected chi connectivity index (χ4v) is 3.36. The number of rotatable bonds is 18. The van der Waals surface area contributed by atoms with Crippen LogP contribution in [-0.4, -0.2) is 64.6 Å². The first-order chi connectivity index (χ1) is 12.1. The van der Waals surface area contributed by atoms with Crippen molar-refractivity contribution in [2.45, 2.75) is 103 Å². The molecule has 0 rings (SSSR count). The van der Waals surface area contributed by atoms with Crippen molar-refractivity contribution in [1.82, 2.24) is 5.32 Å². The van der Waals surface area contributed by atoms with Crippen molar-refractivity contribution in [3.8, 4) is 0 Å². The molecule has 0 fully saturated rings. The fraction of sp³-hybridized carbons (Fsp3) is 0.900. The van der Waals surface area contributed by atoms with Crippen molar-refractivity contribution in [2.75, 3.05) is 12.0 Å². The first-order valence-electron chi connectivity index (χ1n) is 10.1. The Kier molecular flexibility index (Phi) is 23.7. The summed E-state index contributed by atoms with van der Waals surface area (Å²) in [5, 5.41) is 11.7. The summed E-state index contributed by atoms with van der Waals surface area (Å²) in [4.78, 5) is 22.9. The van der Waals surface area contributed by atoms with Crippen molar-refractivity contribution in [2.24, 2.45) is 0 Å². The average molecular weight is 398 g/mol. The predicted octanol–water partition coefficient (Wildman–Crippen LogP) is 4.75. The number of hydrogen-bond donors (Lipinski definition) is 2. The summed E-state index contributed by atoms with van der Waals surface area (Å²) >= 11 is 1.60. The van der Waals surface area contributed by atoms with E-state index in [0.717, 1.165) is 18.6 Å². The summed E-state index contributed by atoms with van der Waals surface area (Å²) in [6, 6.07) is -0.739. The van der Waals surface area contributed by atoms with E-state index in [9.17, 15) is 9.59 Å². The number of carbonyl (C=O) groups is 2. The van der Waals surface area contributed by atoms with Crippen molar-refractivity contribution >= 4 is 53.2 Å². The summed E-state index contributed by atoms with van der Waals surface area (Å²) in [5.41, 5.74) is 0. The second-order valence-electron chi connectivity index (χ2n) is 6.88. The Bertz CT molecular complexity index is 343. The van der Waals surface area contributed by atoms with E-state index in [1.165, 1.54) is 64.2 Å². The molecule has 4 nitrogen and oxygen atoms in total. The van der Waals surface area contributed by atoms with Crippen LogP contribution in [0.4, 0.5) is 0 Å². The molecule has 0 bridgehead atoms. The van der Waals surface area contributed by atoms with Gasteiger partial charge in [0.15, 0.2) is 0 Å². The van der Waals surface area contributed by atoms with Crippen LogP contribution in [0.15, 0.2) is 0 Å². The van der Waals surface area contributed by atoms with Gasteiger partial charge in [0.05, 0.1) is 0 Å². The zero-order valence-corrected chi connectivity index (χ0v) is 17.2. The van der Waals surface area contributed by atoms with Gasteiger partial charge in [0.1, 0.15) is 6.04 Å². The second-order valence-corrected chi connectivity index (χ2v) is 7.86. The SMILES string of the molecule is CCCCCCCCCCCCCCC(=O)N[C@@H](CCSC)C(=O)O.[NaH]. The molecule has 6 heteroatoms. The van der Waals surface area contributed by atoms with Gasteiger partial charge >= 0.3 is 35.5 Å². The molecule has 26 heavy (non-hydrogen) atoms. The monoisotopic (exact) mass is 397 g/mol. The Hall–Kier alpha value is 0.290. The Morgan fingerprint density at radius 2 is 1.35 bits per heavy atom. The fourth-order valence-electron chi connectivity index (χ4n) is 2.89. The first kappa shape index (κ1) is 28.5. The number of hydrogen-bond acceptors (Lipinski definition) is 3. The molecule has 0 aliphatic heterocycles. The number of thioether (sulfide) groups is 1. The second kappa shape index (κ2) is 21.6. The van der Waals surface area contributed by atoms with Crippen molar-refractivity contribution in [3.63, 3.8) is 0 Å². The van der Waals surface area contributed by atoms with Crippen molar-refractivity contribution in [1.29, 1.82) is 0 Å². The number of nitrogens with one attached hydrogen (secondary N) is 1. The van der Waals surface area contributed by atoms with E-state index in [0.29, 0.717) is 12.8 Å². The molecular formula is C20H40NNaO3S. The number of unbranched alkanes of at least 4 members (excludes halogenated alkanes) is 11. The molecule has 0 saturated heterocycles. The van der Waals surface area contributed by atoms with Crippen LogP contribution in [0.25, 0.3) is 0 Å².